The van der Waals surface area contributed by atoms with Gasteiger partial charge in [-0.05, 0) is 6.42 Å². The van der Waals surface area contributed by atoms with Crippen molar-refractivity contribution >= 4 is 15.9 Å². The first-order valence-corrected chi connectivity index (χ1v) is 3.90. The van der Waals surface area contributed by atoms with Crippen LogP contribution in [0, 0.1) is 5.92 Å². The lowest BCUT2D eigenvalue weighted by molar-refractivity contribution is -0.115. The number of hydrogen-bond acceptors (Lipinski definition) is 2. The van der Waals surface area contributed by atoms with Crippen LogP contribution in [0.2, 0.25) is 0 Å². The van der Waals surface area contributed by atoms with E-state index in [9.17, 15) is 0 Å². The molecule has 0 unspecified atom stereocenters. The Kier molecular flexibility index (Phi) is 2.50. The summed E-state index contributed by atoms with van der Waals surface area (Å²) in [6.07, 6.45) is 1.17. The van der Waals surface area contributed by atoms with Gasteiger partial charge in [-0.3, -0.25) is 0 Å². The fraction of sp³-hybridized carbons (Fsp3) is 1.00. The standard InChI is InChI=1S/C6H11BrO2/c1-8-6(9-2)4-3-5(4)7/h4-6H,3H2,1-2H3/t4-,5+/m0/s1. The molecule has 0 aromatic rings. The number of hydrogen-bond donors (Lipinski definition) is 0. The minimum absolute atomic E-state index is 0.00521. The van der Waals surface area contributed by atoms with E-state index in [1.54, 1.807) is 14.2 Å². The molecule has 1 aliphatic rings. The summed E-state index contributed by atoms with van der Waals surface area (Å²) in [5.74, 6) is 0.569. The summed E-state index contributed by atoms with van der Waals surface area (Å²) in [6.45, 7) is 0. The maximum Gasteiger partial charge on any atom is 0.160 e. The van der Waals surface area contributed by atoms with Crippen LogP contribution in [0.15, 0.2) is 0 Å². The summed E-state index contributed by atoms with van der Waals surface area (Å²) < 4.78 is 10.1. The minimum atomic E-state index is -0.00521. The van der Waals surface area contributed by atoms with Crippen LogP contribution in [0.3, 0.4) is 0 Å². The first kappa shape index (κ1) is 7.51. The monoisotopic (exact) mass is 194 g/mol. The van der Waals surface area contributed by atoms with Crippen molar-refractivity contribution in [3.8, 4) is 0 Å². The Labute approximate surface area is 63.7 Å². The molecule has 0 aromatic carbocycles. The maximum atomic E-state index is 5.04. The predicted molar refractivity (Wildman–Crippen MR) is 38.6 cm³/mol. The molecule has 9 heavy (non-hydrogen) atoms. The van der Waals surface area contributed by atoms with Gasteiger partial charge in [0.1, 0.15) is 0 Å². The molecule has 0 radical (unpaired) electrons. The van der Waals surface area contributed by atoms with Crippen molar-refractivity contribution in [3.05, 3.63) is 0 Å². The Morgan fingerprint density at radius 2 is 1.89 bits per heavy atom. The van der Waals surface area contributed by atoms with E-state index in [2.05, 4.69) is 15.9 Å². The molecule has 1 rings (SSSR count). The quantitative estimate of drug-likeness (QED) is 0.500. The summed E-state index contributed by atoms with van der Waals surface area (Å²) in [5.41, 5.74) is 0. The zero-order valence-corrected chi connectivity index (χ0v) is 7.22. The summed E-state index contributed by atoms with van der Waals surface area (Å²) in [7, 11) is 3.35. The third-order valence-corrected chi connectivity index (χ3v) is 2.63. The van der Waals surface area contributed by atoms with Crippen molar-refractivity contribution < 1.29 is 9.47 Å². The molecule has 2 atom stereocenters. The first-order valence-electron chi connectivity index (χ1n) is 2.99. The maximum absolute atomic E-state index is 5.04. The Hall–Kier alpha value is 0.400. The zero-order valence-electron chi connectivity index (χ0n) is 5.63. The van der Waals surface area contributed by atoms with Crippen LogP contribution in [0.1, 0.15) is 6.42 Å². The molecule has 0 aliphatic heterocycles. The average Bonchev–Trinajstić information content (AvgIpc) is 2.51. The Morgan fingerprint density at radius 1 is 1.44 bits per heavy atom. The summed E-state index contributed by atoms with van der Waals surface area (Å²) in [4.78, 5) is 0.613. The third kappa shape index (κ3) is 1.66. The van der Waals surface area contributed by atoms with Crippen LogP contribution in [0.4, 0.5) is 0 Å². The summed E-state index contributed by atoms with van der Waals surface area (Å²) >= 11 is 3.47. The molecule has 1 fully saturated rings. The van der Waals surface area contributed by atoms with Crippen molar-refractivity contribution in [2.24, 2.45) is 5.92 Å². The summed E-state index contributed by atoms with van der Waals surface area (Å²) in [6, 6.07) is 0. The van der Waals surface area contributed by atoms with Gasteiger partial charge in [0.2, 0.25) is 0 Å². The first-order chi connectivity index (χ1) is 4.29. The number of ether oxygens (including phenoxy) is 2. The van der Waals surface area contributed by atoms with Crippen LogP contribution in [-0.4, -0.2) is 25.3 Å². The molecule has 0 bridgehead atoms. The van der Waals surface area contributed by atoms with E-state index in [1.165, 1.54) is 6.42 Å². The topological polar surface area (TPSA) is 18.5 Å². The molecule has 0 spiro atoms. The van der Waals surface area contributed by atoms with Crippen LogP contribution < -0.4 is 0 Å². The van der Waals surface area contributed by atoms with Crippen molar-refractivity contribution in [2.45, 2.75) is 17.5 Å². The van der Waals surface area contributed by atoms with E-state index >= 15 is 0 Å². The molecule has 1 saturated carbocycles. The largest absolute Gasteiger partial charge is 0.356 e. The highest BCUT2D eigenvalue weighted by molar-refractivity contribution is 9.09. The number of methoxy groups -OCH3 is 2. The molecule has 0 heterocycles. The van der Waals surface area contributed by atoms with Gasteiger partial charge in [0.15, 0.2) is 6.29 Å². The van der Waals surface area contributed by atoms with E-state index in [0.29, 0.717) is 10.7 Å². The van der Waals surface area contributed by atoms with Crippen LogP contribution >= 0.6 is 15.9 Å². The third-order valence-electron chi connectivity index (χ3n) is 1.57. The molecule has 1 aliphatic carbocycles. The van der Waals surface area contributed by atoms with E-state index in [4.69, 9.17) is 9.47 Å². The lowest BCUT2D eigenvalue weighted by atomic mass is 10.4. The minimum Gasteiger partial charge on any atom is -0.356 e. The molecule has 2 nitrogen and oxygen atoms in total. The van der Waals surface area contributed by atoms with E-state index in [1.807, 2.05) is 0 Å². The van der Waals surface area contributed by atoms with Gasteiger partial charge in [-0.25, -0.2) is 0 Å². The lowest BCUT2D eigenvalue weighted by Crippen LogP contribution is -2.16. The SMILES string of the molecule is COC(OC)[C@H]1C[C@H]1Br. The fourth-order valence-corrected chi connectivity index (χ4v) is 1.59. The lowest BCUT2D eigenvalue weighted by Gasteiger charge is -2.10. The zero-order chi connectivity index (χ0) is 6.85. The van der Waals surface area contributed by atoms with E-state index in [-0.39, 0.29) is 6.29 Å². The van der Waals surface area contributed by atoms with E-state index < -0.39 is 0 Å². The van der Waals surface area contributed by atoms with Crippen LogP contribution in [-0.2, 0) is 9.47 Å². The van der Waals surface area contributed by atoms with Crippen molar-refractivity contribution in [2.75, 3.05) is 14.2 Å². The summed E-state index contributed by atoms with van der Waals surface area (Å²) in [5, 5.41) is 0. The fourth-order valence-electron chi connectivity index (χ4n) is 0.909. The molecular weight excluding hydrogens is 184 g/mol. The van der Waals surface area contributed by atoms with Crippen LogP contribution in [0.5, 0.6) is 0 Å². The van der Waals surface area contributed by atoms with Gasteiger partial charge in [-0.15, -0.1) is 0 Å². The van der Waals surface area contributed by atoms with Crippen molar-refractivity contribution in [3.63, 3.8) is 0 Å². The van der Waals surface area contributed by atoms with Gasteiger partial charge < -0.3 is 9.47 Å². The Bertz CT molecular complexity index is 93.1. The second-order valence-corrected chi connectivity index (χ2v) is 3.43. The van der Waals surface area contributed by atoms with Gasteiger partial charge in [-0.1, -0.05) is 15.9 Å². The average molecular weight is 195 g/mol. The molecule has 0 amide bonds. The molecule has 0 aromatic heterocycles. The van der Waals surface area contributed by atoms with Crippen molar-refractivity contribution in [1.29, 1.82) is 0 Å². The Morgan fingerprint density at radius 3 is 2.00 bits per heavy atom. The van der Waals surface area contributed by atoms with Gasteiger partial charge in [-0.2, -0.15) is 0 Å². The van der Waals surface area contributed by atoms with Gasteiger partial charge >= 0.3 is 0 Å². The highest BCUT2D eigenvalue weighted by Crippen LogP contribution is 2.41. The van der Waals surface area contributed by atoms with Gasteiger partial charge in [0.25, 0.3) is 0 Å². The Balaban J connectivity index is 2.23. The highest BCUT2D eigenvalue weighted by atomic mass is 79.9. The normalized spacial score (nSPS) is 33.3. The number of halogens is 1. The predicted octanol–water partition coefficient (Wildman–Crippen LogP) is 1.39. The van der Waals surface area contributed by atoms with Crippen molar-refractivity contribution in [1.82, 2.24) is 0 Å². The number of alkyl halides is 1. The molecule has 0 N–H and O–H groups in total. The van der Waals surface area contributed by atoms with E-state index in [0.717, 1.165) is 0 Å². The van der Waals surface area contributed by atoms with Crippen LogP contribution in [0.25, 0.3) is 0 Å². The molecule has 0 saturated heterocycles. The van der Waals surface area contributed by atoms with Gasteiger partial charge in [0, 0.05) is 25.0 Å². The highest BCUT2D eigenvalue weighted by Gasteiger charge is 2.41. The second-order valence-electron chi connectivity index (χ2n) is 2.26. The molecular formula is C6H11BrO2. The smallest absolute Gasteiger partial charge is 0.160 e. The molecule has 54 valence electrons. The van der Waals surface area contributed by atoms with Gasteiger partial charge in [0.05, 0.1) is 0 Å². The second kappa shape index (κ2) is 2.99. The number of rotatable bonds is 3. The molecule has 3 heteroatoms.